The maximum absolute atomic E-state index is 5.86. The molecule has 2 unspecified atom stereocenters. The number of rotatable bonds is 3. The Morgan fingerprint density at radius 1 is 1.47 bits per heavy atom. The second kappa shape index (κ2) is 5.41. The summed E-state index contributed by atoms with van der Waals surface area (Å²) in [7, 11) is 0. The number of aryl methyl sites for hydroxylation is 2. The molecule has 0 amide bonds. The fourth-order valence-corrected chi connectivity index (χ4v) is 4.09. The molecule has 0 spiro atoms. The van der Waals surface area contributed by atoms with E-state index in [4.69, 9.17) is 5.84 Å². The summed E-state index contributed by atoms with van der Waals surface area (Å²) >= 11 is 1.87. The van der Waals surface area contributed by atoms with Gasteiger partial charge in [-0.3, -0.25) is 16.3 Å². The monoisotopic (exact) mass is 273 g/mol. The Bertz CT molecular complexity index is 564. The number of hydrazine groups is 1. The van der Waals surface area contributed by atoms with Crippen LogP contribution in [0.4, 0.5) is 0 Å². The van der Waals surface area contributed by atoms with E-state index >= 15 is 0 Å². The Morgan fingerprint density at radius 3 is 3.16 bits per heavy atom. The number of nitrogens with two attached hydrogens (primary N) is 1. The van der Waals surface area contributed by atoms with E-state index in [0.29, 0.717) is 5.92 Å². The Labute approximate surface area is 117 Å². The highest BCUT2D eigenvalue weighted by Gasteiger charge is 2.29. The van der Waals surface area contributed by atoms with Crippen LogP contribution in [0.2, 0.25) is 0 Å². The van der Waals surface area contributed by atoms with Crippen molar-refractivity contribution < 1.29 is 0 Å². The lowest BCUT2D eigenvalue weighted by Gasteiger charge is -2.31. The molecule has 3 nitrogen and oxygen atoms in total. The predicted octanol–water partition coefficient (Wildman–Crippen LogP) is 3.08. The van der Waals surface area contributed by atoms with E-state index in [1.54, 1.807) is 0 Å². The first-order chi connectivity index (χ1) is 9.31. The van der Waals surface area contributed by atoms with E-state index in [9.17, 15) is 0 Å². The highest BCUT2D eigenvalue weighted by atomic mass is 32.1. The van der Waals surface area contributed by atoms with Gasteiger partial charge in [0.2, 0.25) is 0 Å². The summed E-state index contributed by atoms with van der Waals surface area (Å²) in [5, 5.41) is 2.20. The van der Waals surface area contributed by atoms with E-state index in [1.807, 2.05) is 23.7 Å². The van der Waals surface area contributed by atoms with Crippen molar-refractivity contribution >= 4 is 11.3 Å². The van der Waals surface area contributed by atoms with Gasteiger partial charge >= 0.3 is 0 Å². The predicted molar refractivity (Wildman–Crippen MR) is 79.0 cm³/mol. The number of nitrogens with zero attached hydrogens (tertiary/aromatic N) is 1. The number of thiophene rings is 1. The van der Waals surface area contributed by atoms with Crippen LogP contribution in [-0.2, 0) is 6.42 Å². The largest absolute Gasteiger partial charge is 0.271 e. The molecular weight excluding hydrogens is 254 g/mol. The van der Waals surface area contributed by atoms with Crippen molar-refractivity contribution in [2.45, 2.75) is 38.1 Å². The molecule has 0 radical (unpaired) electrons. The number of hydrogen-bond donors (Lipinski definition) is 2. The summed E-state index contributed by atoms with van der Waals surface area (Å²) in [5.41, 5.74) is 6.97. The van der Waals surface area contributed by atoms with Crippen molar-refractivity contribution in [1.82, 2.24) is 10.4 Å². The SMILES string of the molecule is Cc1ccncc1C(NN)C1CCCc2sccc21. The molecule has 3 N–H and O–H groups in total. The van der Waals surface area contributed by atoms with E-state index in [0.717, 1.165) is 0 Å². The lowest BCUT2D eigenvalue weighted by molar-refractivity contribution is 0.409. The topological polar surface area (TPSA) is 50.9 Å². The summed E-state index contributed by atoms with van der Waals surface area (Å²) in [6, 6.07) is 4.47. The van der Waals surface area contributed by atoms with Gasteiger partial charge in [-0.25, -0.2) is 0 Å². The minimum absolute atomic E-state index is 0.155. The lowest BCUT2D eigenvalue weighted by atomic mass is 9.79. The molecule has 2 heterocycles. The number of aromatic nitrogens is 1. The first-order valence-electron chi connectivity index (χ1n) is 6.74. The Hall–Kier alpha value is -1.23. The van der Waals surface area contributed by atoms with Gasteiger partial charge < -0.3 is 0 Å². The molecule has 1 aliphatic rings. The highest BCUT2D eigenvalue weighted by Crippen LogP contribution is 2.42. The van der Waals surface area contributed by atoms with Gasteiger partial charge in [0, 0.05) is 23.2 Å². The first-order valence-corrected chi connectivity index (χ1v) is 7.62. The summed E-state index contributed by atoms with van der Waals surface area (Å²) in [4.78, 5) is 5.79. The number of hydrogen-bond acceptors (Lipinski definition) is 4. The molecule has 4 heteroatoms. The molecule has 2 aromatic heterocycles. The molecule has 2 aromatic rings. The van der Waals surface area contributed by atoms with E-state index in [2.05, 4.69) is 34.8 Å². The average Bonchev–Trinajstić information content (AvgIpc) is 2.91. The van der Waals surface area contributed by atoms with Gasteiger partial charge in [0.05, 0.1) is 6.04 Å². The van der Waals surface area contributed by atoms with Crippen molar-refractivity contribution in [3.8, 4) is 0 Å². The number of pyridine rings is 1. The van der Waals surface area contributed by atoms with Gasteiger partial charge in [0.25, 0.3) is 0 Å². The van der Waals surface area contributed by atoms with Crippen LogP contribution < -0.4 is 11.3 Å². The van der Waals surface area contributed by atoms with E-state index in [1.165, 1.54) is 40.8 Å². The van der Waals surface area contributed by atoms with Crippen molar-refractivity contribution in [1.29, 1.82) is 0 Å². The van der Waals surface area contributed by atoms with Crippen LogP contribution in [0.15, 0.2) is 29.9 Å². The fraction of sp³-hybridized carbons (Fsp3) is 0.400. The van der Waals surface area contributed by atoms with Crippen LogP contribution in [0.3, 0.4) is 0 Å². The summed E-state index contributed by atoms with van der Waals surface area (Å²) in [6.07, 6.45) is 7.43. The molecule has 0 bridgehead atoms. The smallest absolute Gasteiger partial charge is 0.0546 e. The summed E-state index contributed by atoms with van der Waals surface area (Å²) in [5.74, 6) is 6.32. The lowest BCUT2D eigenvalue weighted by Crippen LogP contribution is -2.34. The minimum atomic E-state index is 0.155. The first kappa shape index (κ1) is 12.8. The standard InChI is InChI=1S/C15H19N3S/c1-10-5-7-17-9-13(10)15(18-16)12-3-2-4-14-11(12)6-8-19-14/h5-9,12,15,18H,2-4,16H2,1H3. The summed E-state index contributed by atoms with van der Waals surface area (Å²) in [6.45, 7) is 2.12. The van der Waals surface area contributed by atoms with Crippen LogP contribution in [-0.4, -0.2) is 4.98 Å². The molecule has 1 aliphatic carbocycles. The maximum Gasteiger partial charge on any atom is 0.0546 e. The average molecular weight is 273 g/mol. The number of fused-ring (bicyclic) bond motifs is 1. The Morgan fingerprint density at radius 2 is 2.37 bits per heavy atom. The molecule has 19 heavy (non-hydrogen) atoms. The third-order valence-electron chi connectivity index (χ3n) is 4.09. The summed E-state index contributed by atoms with van der Waals surface area (Å²) < 4.78 is 0. The van der Waals surface area contributed by atoms with Gasteiger partial charge in [-0.2, -0.15) is 0 Å². The van der Waals surface area contributed by atoms with Crippen molar-refractivity contribution in [2.75, 3.05) is 0 Å². The third-order valence-corrected chi connectivity index (χ3v) is 5.09. The zero-order chi connectivity index (χ0) is 13.2. The fourth-order valence-electron chi connectivity index (χ4n) is 3.09. The van der Waals surface area contributed by atoms with E-state index in [-0.39, 0.29) is 6.04 Å². The molecule has 0 saturated heterocycles. The molecule has 2 atom stereocenters. The van der Waals surface area contributed by atoms with Gasteiger partial charge in [-0.05, 0) is 60.4 Å². The van der Waals surface area contributed by atoms with E-state index < -0.39 is 0 Å². The Balaban J connectivity index is 1.99. The van der Waals surface area contributed by atoms with Crippen LogP contribution in [0.1, 0.15) is 46.4 Å². The van der Waals surface area contributed by atoms with Gasteiger partial charge in [-0.1, -0.05) is 0 Å². The molecular formula is C15H19N3S. The third kappa shape index (κ3) is 2.31. The molecule has 0 aliphatic heterocycles. The van der Waals surface area contributed by atoms with Crippen LogP contribution in [0.5, 0.6) is 0 Å². The second-order valence-electron chi connectivity index (χ2n) is 5.17. The van der Waals surface area contributed by atoms with Crippen LogP contribution >= 0.6 is 11.3 Å². The maximum atomic E-state index is 5.86. The van der Waals surface area contributed by atoms with Crippen LogP contribution in [0.25, 0.3) is 0 Å². The second-order valence-corrected chi connectivity index (χ2v) is 6.18. The highest BCUT2D eigenvalue weighted by molar-refractivity contribution is 7.10. The molecule has 0 saturated carbocycles. The zero-order valence-electron chi connectivity index (χ0n) is 11.1. The zero-order valence-corrected chi connectivity index (χ0v) is 11.9. The molecule has 3 rings (SSSR count). The van der Waals surface area contributed by atoms with Crippen molar-refractivity contribution in [2.24, 2.45) is 5.84 Å². The number of nitrogens with one attached hydrogen (secondary N) is 1. The van der Waals surface area contributed by atoms with Crippen molar-refractivity contribution in [3.63, 3.8) is 0 Å². The minimum Gasteiger partial charge on any atom is -0.271 e. The van der Waals surface area contributed by atoms with Gasteiger partial charge in [0.15, 0.2) is 0 Å². The molecule has 0 fully saturated rings. The quantitative estimate of drug-likeness (QED) is 0.667. The Kier molecular flexibility index (Phi) is 3.64. The van der Waals surface area contributed by atoms with Crippen LogP contribution in [0, 0.1) is 6.92 Å². The molecule has 0 aromatic carbocycles. The van der Waals surface area contributed by atoms with Gasteiger partial charge in [0.1, 0.15) is 0 Å². The van der Waals surface area contributed by atoms with Gasteiger partial charge in [-0.15, -0.1) is 11.3 Å². The van der Waals surface area contributed by atoms with Crippen molar-refractivity contribution in [3.05, 3.63) is 51.5 Å². The normalized spacial score (nSPS) is 20.0. The molecule has 100 valence electrons.